The number of nitrogens with one attached hydrogen (secondary N) is 1. The van der Waals surface area contributed by atoms with E-state index in [1.165, 1.54) is 12.8 Å². The van der Waals surface area contributed by atoms with Crippen LogP contribution >= 0.6 is 0 Å². The maximum absolute atomic E-state index is 13.7. The van der Waals surface area contributed by atoms with E-state index in [2.05, 4.69) is 26.1 Å². The fourth-order valence-electron chi connectivity index (χ4n) is 2.17. The zero-order valence-corrected chi connectivity index (χ0v) is 11.9. The third-order valence-electron chi connectivity index (χ3n) is 3.30. The first kappa shape index (κ1) is 15.2. The summed E-state index contributed by atoms with van der Waals surface area (Å²) in [6.07, 6.45) is 3.22. The monoisotopic (exact) mass is 251 g/mol. The fraction of sp³-hybridized carbons (Fsp3) is 0.625. The Labute approximate surface area is 111 Å². The Morgan fingerprint density at radius 1 is 1.17 bits per heavy atom. The highest BCUT2D eigenvalue weighted by Gasteiger charge is 2.12. The number of halogens is 1. The van der Waals surface area contributed by atoms with Crippen molar-refractivity contribution < 1.29 is 4.39 Å². The molecule has 1 nitrogen and oxygen atoms in total. The maximum atomic E-state index is 13.7. The molecule has 1 atom stereocenters. The van der Waals surface area contributed by atoms with Gasteiger partial charge < -0.3 is 5.32 Å². The van der Waals surface area contributed by atoms with E-state index in [9.17, 15) is 4.39 Å². The molecule has 0 aromatic heterocycles. The molecule has 18 heavy (non-hydrogen) atoms. The summed E-state index contributed by atoms with van der Waals surface area (Å²) in [5.41, 5.74) is 0.851. The third kappa shape index (κ3) is 5.63. The van der Waals surface area contributed by atoms with Gasteiger partial charge in [0.1, 0.15) is 5.82 Å². The first-order valence-electron chi connectivity index (χ1n) is 7.07. The average Bonchev–Trinajstić information content (AvgIpc) is 2.35. The first-order valence-corrected chi connectivity index (χ1v) is 7.07. The van der Waals surface area contributed by atoms with Gasteiger partial charge in [0, 0.05) is 0 Å². The van der Waals surface area contributed by atoms with Crippen molar-refractivity contribution in [3.63, 3.8) is 0 Å². The highest BCUT2D eigenvalue weighted by molar-refractivity contribution is 5.17. The van der Waals surface area contributed by atoms with Crippen LogP contribution in [0.3, 0.4) is 0 Å². The topological polar surface area (TPSA) is 12.0 Å². The van der Waals surface area contributed by atoms with Crippen molar-refractivity contribution in [2.75, 3.05) is 13.1 Å². The summed E-state index contributed by atoms with van der Waals surface area (Å²) in [4.78, 5) is 0. The summed E-state index contributed by atoms with van der Waals surface area (Å²) in [5.74, 6) is 1.18. The van der Waals surface area contributed by atoms with E-state index in [0.29, 0.717) is 5.92 Å². The van der Waals surface area contributed by atoms with Crippen LogP contribution in [-0.2, 0) is 6.42 Å². The second kappa shape index (κ2) is 8.25. The molecule has 1 rings (SSSR count). The Hall–Kier alpha value is -0.890. The predicted molar refractivity (Wildman–Crippen MR) is 76.2 cm³/mol. The SMILES string of the molecule is CCNCC(CCC(C)C)Cc1ccccc1F. The summed E-state index contributed by atoms with van der Waals surface area (Å²) in [5, 5.41) is 3.39. The van der Waals surface area contributed by atoms with Crippen molar-refractivity contribution in [1.29, 1.82) is 0 Å². The van der Waals surface area contributed by atoms with E-state index in [1.54, 1.807) is 12.1 Å². The van der Waals surface area contributed by atoms with Crippen molar-refractivity contribution in [3.05, 3.63) is 35.6 Å². The average molecular weight is 251 g/mol. The Bertz CT molecular complexity index is 336. The van der Waals surface area contributed by atoms with Gasteiger partial charge >= 0.3 is 0 Å². The van der Waals surface area contributed by atoms with Crippen molar-refractivity contribution in [1.82, 2.24) is 5.32 Å². The van der Waals surface area contributed by atoms with Crippen LogP contribution in [0, 0.1) is 17.7 Å². The van der Waals surface area contributed by atoms with E-state index < -0.39 is 0 Å². The van der Waals surface area contributed by atoms with Gasteiger partial charge in [-0.1, -0.05) is 45.4 Å². The van der Waals surface area contributed by atoms with E-state index in [4.69, 9.17) is 0 Å². The van der Waals surface area contributed by atoms with Crippen LogP contribution in [0.1, 0.15) is 39.2 Å². The van der Waals surface area contributed by atoms with Crippen LogP contribution < -0.4 is 5.32 Å². The molecule has 0 saturated carbocycles. The van der Waals surface area contributed by atoms with Crippen LogP contribution in [0.4, 0.5) is 4.39 Å². The van der Waals surface area contributed by atoms with E-state index in [0.717, 1.165) is 31.0 Å². The zero-order chi connectivity index (χ0) is 13.4. The molecule has 0 radical (unpaired) electrons. The Balaban J connectivity index is 2.56. The summed E-state index contributed by atoms with van der Waals surface area (Å²) >= 11 is 0. The third-order valence-corrected chi connectivity index (χ3v) is 3.30. The van der Waals surface area contributed by atoms with Gasteiger partial charge in [0.25, 0.3) is 0 Å². The summed E-state index contributed by atoms with van der Waals surface area (Å²) in [6.45, 7) is 8.57. The van der Waals surface area contributed by atoms with Gasteiger partial charge in [0.2, 0.25) is 0 Å². The largest absolute Gasteiger partial charge is 0.317 e. The highest BCUT2D eigenvalue weighted by Crippen LogP contribution is 2.18. The fourth-order valence-corrected chi connectivity index (χ4v) is 2.17. The molecule has 0 spiro atoms. The predicted octanol–water partition coefficient (Wildman–Crippen LogP) is 4.03. The molecule has 0 heterocycles. The standard InChI is InChI=1S/C16H26FN/c1-4-18-12-14(10-9-13(2)3)11-15-7-5-6-8-16(15)17/h5-8,13-14,18H,4,9-12H2,1-3H3. The molecule has 0 amide bonds. The molecule has 102 valence electrons. The minimum Gasteiger partial charge on any atom is -0.317 e. The molecular formula is C16H26FN. The lowest BCUT2D eigenvalue weighted by Gasteiger charge is -2.18. The van der Waals surface area contributed by atoms with Crippen LogP contribution in [-0.4, -0.2) is 13.1 Å². The summed E-state index contributed by atoms with van der Waals surface area (Å²) < 4.78 is 13.7. The van der Waals surface area contributed by atoms with Gasteiger partial charge in [-0.3, -0.25) is 0 Å². The minimum absolute atomic E-state index is 0.0662. The molecule has 0 aliphatic rings. The molecule has 0 fully saturated rings. The number of benzene rings is 1. The van der Waals surface area contributed by atoms with Crippen molar-refractivity contribution in [2.45, 2.75) is 40.0 Å². The summed E-state index contributed by atoms with van der Waals surface area (Å²) in [7, 11) is 0. The second-order valence-corrected chi connectivity index (χ2v) is 5.44. The van der Waals surface area contributed by atoms with Gasteiger partial charge in [-0.05, 0) is 49.4 Å². The number of rotatable bonds is 8. The van der Waals surface area contributed by atoms with Crippen molar-refractivity contribution >= 4 is 0 Å². The lowest BCUT2D eigenvalue weighted by atomic mass is 9.91. The lowest BCUT2D eigenvalue weighted by Crippen LogP contribution is -2.24. The molecule has 0 aliphatic carbocycles. The maximum Gasteiger partial charge on any atom is 0.126 e. The zero-order valence-electron chi connectivity index (χ0n) is 11.9. The smallest absolute Gasteiger partial charge is 0.126 e. The van der Waals surface area contributed by atoms with Crippen LogP contribution in [0.25, 0.3) is 0 Å². The second-order valence-electron chi connectivity index (χ2n) is 5.44. The van der Waals surface area contributed by atoms with E-state index in [-0.39, 0.29) is 5.82 Å². The quantitative estimate of drug-likeness (QED) is 0.735. The number of hydrogen-bond donors (Lipinski definition) is 1. The van der Waals surface area contributed by atoms with E-state index in [1.807, 2.05) is 12.1 Å². The molecule has 0 bridgehead atoms. The molecule has 1 aromatic carbocycles. The Morgan fingerprint density at radius 2 is 1.89 bits per heavy atom. The van der Waals surface area contributed by atoms with Crippen molar-refractivity contribution in [3.8, 4) is 0 Å². The highest BCUT2D eigenvalue weighted by atomic mass is 19.1. The molecule has 1 unspecified atom stereocenters. The molecule has 0 saturated heterocycles. The summed E-state index contributed by atoms with van der Waals surface area (Å²) in [6, 6.07) is 7.14. The van der Waals surface area contributed by atoms with Gasteiger partial charge in [-0.15, -0.1) is 0 Å². The number of hydrogen-bond acceptors (Lipinski definition) is 1. The molecular weight excluding hydrogens is 225 g/mol. The Morgan fingerprint density at radius 3 is 2.50 bits per heavy atom. The van der Waals surface area contributed by atoms with E-state index >= 15 is 0 Å². The van der Waals surface area contributed by atoms with Crippen LogP contribution in [0.2, 0.25) is 0 Å². The van der Waals surface area contributed by atoms with Gasteiger partial charge in [0.15, 0.2) is 0 Å². The van der Waals surface area contributed by atoms with Crippen LogP contribution in [0.5, 0.6) is 0 Å². The van der Waals surface area contributed by atoms with Gasteiger partial charge in [-0.25, -0.2) is 4.39 Å². The van der Waals surface area contributed by atoms with Gasteiger partial charge in [-0.2, -0.15) is 0 Å². The normalized spacial score (nSPS) is 12.9. The first-order chi connectivity index (χ1) is 8.63. The lowest BCUT2D eigenvalue weighted by molar-refractivity contribution is 0.397. The van der Waals surface area contributed by atoms with Crippen LogP contribution in [0.15, 0.2) is 24.3 Å². The molecule has 1 aromatic rings. The van der Waals surface area contributed by atoms with Gasteiger partial charge in [0.05, 0.1) is 0 Å². The minimum atomic E-state index is -0.0662. The van der Waals surface area contributed by atoms with Crippen molar-refractivity contribution in [2.24, 2.45) is 11.8 Å². The molecule has 0 aliphatic heterocycles. The molecule has 1 N–H and O–H groups in total. The molecule has 2 heteroatoms. The Kier molecular flexibility index (Phi) is 6.96.